The smallest absolute Gasteiger partial charge is 0.306 e. The lowest BCUT2D eigenvalue weighted by Crippen LogP contribution is -2.34. The van der Waals surface area contributed by atoms with E-state index < -0.39 is 36.4 Å². The van der Waals surface area contributed by atoms with Crippen LogP contribution in [-0.2, 0) is 47.7 Å². The Kier molecular flexibility index (Phi) is 45.8. The second-order valence-electron chi connectivity index (χ2n) is 19.0. The van der Waals surface area contributed by atoms with E-state index in [0.717, 1.165) is 129 Å². The highest BCUT2D eigenvalue weighted by Gasteiger charge is 2.24. The third kappa shape index (κ3) is 43.5. The van der Waals surface area contributed by atoms with Crippen molar-refractivity contribution in [3.63, 3.8) is 0 Å². The van der Waals surface area contributed by atoms with Gasteiger partial charge in [0.15, 0.2) is 0 Å². The fraction of sp³-hybridized carbons (Fsp3) is 0.821. The van der Waals surface area contributed by atoms with Crippen LogP contribution < -0.4 is 10.6 Å². The van der Waals surface area contributed by atoms with Crippen LogP contribution in [0.2, 0.25) is 0 Å². The van der Waals surface area contributed by atoms with Crippen molar-refractivity contribution >= 4 is 35.7 Å². The number of nitrogens with one attached hydrogen (secondary N) is 2. The number of unbranched alkanes of at least 4 members (excludes halogenated alkanes) is 14. The van der Waals surface area contributed by atoms with Crippen LogP contribution in [0.5, 0.6) is 0 Å². The number of aliphatic hydroxyl groups is 2. The lowest BCUT2D eigenvalue weighted by Gasteiger charge is -2.22. The number of ether oxygens (including phenoxy) is 4. The Labute approximate surface area is 429 Å². The first-order valence-electron chi connectivity index (χ1n) is 27.9. The number of amides is 2. The molecule has 0 rings (SSSR count). The second-order valence-corrected chi connectivity index (χ2v) is 19.0. The van der Waals surface area contributed by atoms with Crippen molar-refractivity contribution in [3.8, 4) is 0 Å². The highest BCUT2D eigenvalue weighted by molar-refractivity contribution is 5.77. The summed E-state index contributed by atoms with van der Waals surface area (Å²) in [7, 11) is 1.96. The molecule has 0 saturated heterocycles. The fourth-order valence-electron chi connectivity index (χ4n) is 7.64. The number of hydrogen-bond donors (Lipinski definition) is 4. The number of likely N-dealkylation sites (N-methyl/N-ethyl adjacent to an activating group) is 1. The first-order valence-corrected chi connectivity index (χ1v) is 27.9. The minimum absolute atomic E-state index is 0.000119. The Morgan fingerprint density at radius 1 is 0.465 bits per heavy atom. The molecule has 0 heterocycles. The SMILES string of the molecule is CCCCCC(OC(=O)CCCC(=O)OCCC)C(O)CC=CCCCCCCCC(=O)NCCNC(=O)CCCCCCCC=CCC(O)C(CCCCC)OC(=O)CCCC(=O)OCCN(C)CC. The topological polar surface area (TPSA) is 207 Å². The molecule has 0 aliphatic carbocycles. The predicted molar refractivity (Wildman–Crippen MR) is 281 cm³/mol. The molecule has 15 nitrogen and oxygen atoms in total. The molecule has 4 unspecified atom stereocenters. The highest BCUT2D eigenvalue weighted by Crippen LogP contribution is 2.18. The molecule has 0 aromatic rings. The van der Waals surface area contributed by atoms with Crippen LogP contribution in [0.25, 0.3) is 0 Å². The minimum Gasteiger partial charge on any atom is -0.466 e. The van der Waals surface area contributed by atoms with Crippen molar-refractivity contribution in [2.75, 3.05) is 46.4 Å². The van der Waals surface area contributed by atoms with E-state index in [4.69, 9.17) is 18.9 Å². The zero-order valence-corrected chi connectivity index (χ0v) is 45.2. The van der Waals surface area contributed by atoms with Gasteiger partial charge in [0, 0.05) is 58.2 Å². The Hall–Kier alpha value is -3.82. The maximum absolute atomic E-state index is 12.5. The first kappa shape index (κ1) is 67.2. The van der Waals surface area contributed by atoms with E-state index in [2.05, 4.69) is 41.5 Å². The molecule has 0 bridgehead atoms. The molecule has 0 aliphatic heterocycles. The van der Waals surface area contributed by atoms with Gasteiger partial charge >= 0.3 is 23.9 Å². The number of nitrogens with zero attached hydrogens (tertiary/aromatic N) is 1. The quantitative estimate of drug-likeness (QED) is 0.0194. The molecule has 0 fully saturated rings. The van der Waals surface area contributed by atoms with Crippen LogP contribution in [0.1, 0.15) is 227 Å². The molecule has 4 N–H and O–H groups in total. The number of esters is 4. The van der Waals surface area contributed by atoms with E-state index in [1.807, 2.05) is 33.0 Å². The molecule has 0 saturated carbocycles. The summed E-state index contributed by atoms with van der Waals surface area (Å²) in [5.41, 5.74) is 0. The standard InChI is InChI=1S/C56H101N3O12/c1-6-10-24-34-49(70-55(66)40-30-38-53(64)68-45-8-3)47(60)32-26-20-16-12-14-18-22-28-36-51(62)57-42-43-58-52(63)37-29-23-19-15-13-17-21-27-33-48(61)50(35-25-11-7-2)71-56(67)41-31-39-54(65)69-46-44-59(5)9-4/h20-21,26-27,47-50,60-61H,6-19,22-25,28-46H2,1-5H3,(H,57,62)(H,58,63). The van der Waals surface area contributed by atoms with Gasteiger partial charge in [0.05, 0.1) is 18.8 Å². The van der Waals surface area contributed by atoms with Crippen LogP contribution in [0.15, 0.2) is 24.3 Å². The summed E-state index contributed by atoms with van der Waals surface area (Å²) in [5.74, 6) is -1.42. The fourth-order valence-corrected chi connectivity index (χ4v) is 7.64. The molecule has 0 aliphatic rings. The first-order chi connectivity index (χ1) is 34.4. The van der Waals surface area contributed by atoms with Gasteiger partial charge in [-0.1, -0.05) is 116 Å². The van der Waals surface area contributed by atoms with Gasteiger partial charge in [-0.25, -0.2) is 0 Å². The van der Waals surface area contributed by atoms with E-state index >= 15 is 0 Å². The highest BCUT2D eigenvalue weighted by atomic mass is 16.6. The van der Waals surface area contributed by atoms with Crippen molar-refractivity contribution in [2.45, 2.75) is 251 Å². The molecule has 2 amide bonds. The largest absolute Gasteiger partial charge is 0.466 e. The molecular weight excluding hydrogens is 907 g/mol. The second kappa shape index (κ2) is 48.4. The summed E-state index contributed by atoms with van der Waals surface area (Å²) in [4.78, 5) is 75.2. The van der Waals surface area contributed by atoms with E-state index in [9.17, 15) is 39.0 Å². The van der Waals surface area contributed by atoms with Gasteiger partial charge in [-0.3, -0.25) is 28.8 Å². The molecule has 15 heteroatoms. The van der Waals surface area contributed by atoms with Crippen LogP contribution in [-0.4, -0.2) is 122 Å². The molecular formula is C56H101N3O12. The van der Waals surface area contributed by atoms with Crippen molar-refractivity contribution in [2.24, 2.45) is 0 Å². The number of carbonyl (C=O) groups is 6. The molecule has 0 aromatic carbocycles. The van der Waals surface area contributed by atoms with E-state index in [1.54, 1.807) is 0 Å². The summed E-state index contributed by atoms with van der Waals surface area (Å²) in [6.07, 6.45) is 27.8. The number of allylic oxidation sites excluding steroid dienone is 2. The number of carbonyl (C=O) groups excluding carboxylic acids is 6. The third-order valence-corrected chi connectivity index (χ3v) is 12.3. The van der Waals surface area contributed by atoms with Crippen LogP contribution >= 0.6 is 0 Å². The summed E-state index contributed by atoms with van der Waals surface area (Å²) >= 11 is 0. The van der Waals surface area contributed by atoms with Gasteiger partial charge in [0.2, 0.25) is 11.8 Å². The minimum atomic E-state index is -0.783. The molecule has 71 heavy (non-hydrogen) atoms. The van der Waals surface area contributed by atoms with E-state index in [0.29, 0.717) is 84.2 Å². The monoisotopic (exact) mass is 1010 g/mol. The van der Waals surface area contributed by atoms with Gasteiger partial charge in [-0.2, -0.15) is 0 Å². The zero-order chi connectivity index (χ0) is 52.6. The van der Waals surface area contributed by atoms with Gasteiger partial charge < -0.3 is 44.7 Å². The Bertz CT molecular complexity index is 1430. The summed E-state index contributed by atoms with van der Waals surface area (Å²) in [6.45, 7) is 11.3. The van der Waals surface area contributed by atoms with E-state index in [1.165, 1.54) is 0 Å². The Balaban J connectivity index is 4.04. The summed E-state index contributed by atoms with van der Waals surface area (Å²) in [5, 5.41) is 27.4. The zero-order valence-electron chi connectivity index (χ0n) is 45.2. The summed E-state index contributed by atoms with van der Waals surface area (Å²) < 4.78 is 21.6. The van der Waals surface area contributed by atoms with Crippen molar-refractivity contribution in [3.05, 3.63) is 24.3 Å². The summed E-state index contributed by atoms with van der Waals surface area (Å²) in [6, 6.07) is 0. The Morgan fingerprint density at radius 3 is 1.30 bits per heavy atom. The number of aliphatic hydroxyl groups excluding tert-OH is 2. The number of hydrogen-bond acceptors (Lipinski definition) is 13. The molecule has 0 spiro atoms. The molecule has 0 radical (unpaired) electrons. The molecule has 0 aromatic heterocycles. The normalized spacial score (nSPS) is 13.2. The number of rotatable bonds is 49. The van der Waals surface area contributed by atoms with Crippen LogP contribution in [0.4, 0.5) is 0 Å². The Morgan fingerprint density at radius 2 is 0.873 bits per heavy atom. The predicted octanol–water partition coefficient (Wildman–Crippen LogP) is 10.1. The van der Waals surface area contributed by atoms with Crippen molar-refractivity contribution in [1.82, 2.24) is 15.5 Å². The van der Waals surface area contributed by atoms with Crippen molar-refractivity contribution in [1.29, 1.82) is 0 Å². The van der Waals surface area contributed by atoms with Gasteiger partial charge in [0.1, 0.15) is 18.8 Å². The van der Waals surface area contributed by atoms with E-state index in [-0.39, 0.29) is 49.4 Å². The maximum atomic E-state index is 12.5. The lowest BCUT2D eigenvalue weighted by atomic mass is 10.0. The molecule has 412 valence electrons. The van der Waals surface area contributed by atoms with Gasteiger partial charge in [-0.15, -0.1) is 0 Å². The van der Waals surface area contributed by atoms with Gasteiger partial charge in [-0.05, 0) is 110 Å². The van der Waals surface area contributed by atoms with Crippen LogP contribution in [0, 0.1) is 0 Å². The third-order valence-electron chi connectivity index (χ3n) is 12.3. The van der Waals surface area contributed by atoms with Crippen LogP contribution in [0.3, 0.4) is 0 Å². The lowest BCUT2D eigenvalue weighted by molar-refractivity contribution is -0.157. The molecule has 4 atom stereocenters. The average Bonchev–Trinajstić information content (AvgIpc) is 3.34. The van der Waals surface area contributed by atoms with Crippen molar-refractivity contribution < 1.29 is 57.9 Å². The van der Waals surface area contributed by atoms with Gasteiger partial charge in [0.25, 0.3) is 0 Å². The maximum Gasteiger partial charge on any atom is 0.306 e. The average molecular weight is 1010 g/mol.